The number of thioether (sulfide) groups is 1. The van der Waals surface area contributed by atoms with Crippen LogP contribution >= 0.6 is 24.0 Å². The first kappa shape index (κ1) is 25.9. The predicted molar refractivity (Wildman–Crippen MR) is 151 cm³/mol. The van der Waals surface area contributed by atoms with Crippen LogP contribution in [0.15, 0.2) is 58.4 Å². The summed E-state index contributed by atoms with van der Waals surface area (Å²) in [6.07, 6.45) is 5.88. The number of aromatic nitrogens is 2. The molecule has 3 aromatic rings. The molecule has 0 aliphatic carbocycles. The van der Waals surface area contributed by atoms with Crippen molar-refractivity contribution < 1.29 is 9.53 Å². The van der Waals surface area contributed by atoms with Crippen molar-refractivity contribution in [1.82, 2.24) is 14.3 Å². The van der Waals surface area contributed by atoms with Gasteiger partial charge >= 0.3 is 0 Å². The third-order valence-electron chi connectivity index (χ3n) is 5.97. The molecule has 1 aromatic carbocycles. The molecule has 1 aliphatic rings. The maximum atomic E-state index is 13.6. The Labute approximate surface area is 220 Å². The van der Waals surface area contributed by atoms with Crippen LogP contribution in [0.1, 0.15) is 37.8 Å². The highest BCUT2D eigenvalue weighted by Gasteiger charge is 2.32. The smallest absolute Gasteiger partial charge is 0.267 e. The molecule has 0 bridgehead atoms. The average molecular weight is 523 g/mol. The van der Waals surface area contributed by atoms with Gasteiger partial charge in [0.2, 0.25) is 0 Å². The number of hydrogen-bond donors (Lipinski definition) is 0. The van der Waals surface area contributed by atoms with Crippen LogP contribution in [0.25, 0.3) is 11.7 Å². The van der Waals surface area contributed by atoms with Gasteiger partial charge in [0.1, 0.15) is 21.5 Å². The van der Waals surface area contributed by atoms with Gasteiger partial charge in [0.25, 0.3) is 11.5 Å². The zero-order chi connectivity index (χ0) is 25.7. The van der Waals surface area contributed by atoms with Crippen LogP contribution in [0.5, 0.6) is 5.75 Å². The number of ether oxygens (including phenoxy) is 1. The van der Waals surface area contributed by atoms with Gasteiger partial charge in [-0.05, 0) is 55.2 Å². The summed E-state index contributed by atoms with van der Waals surface area (Å²) in [6, 6.07) is 13.3. The van der Waals surface area contributed by atoms with Crippen molar-refractivity contribution in [2.24, 2.45) is 0 Å². The Bertz CT molecular complexity index is 1350. The van der Waals surface area contributed by atoms with E-state index >= 15 is 0 Å². The molecule has 0 N–H and O–H groups in total. The maximum Gasteiger partial charge on any atom is 0.267 e. The van der Waals surface area contributed by atoms with Gasteiger partial charge in [-0.15, -0.1) is 0 Å². The highest BCUT2D eigenvalue weighted by atomic mass is 32.2. The van der Waals surface area contributed by atoms with Crippen LogP contribution in [-0.2, 0) is 11.2 Å². The summed E-state index contributed by atoms with van der Waals surface area (Å²) in [4.78, 5) is 35.9. The van der Waals surface area contributed by atoms with Gasteiger partial charge in [0.05, 0.1) is 17.6 Å². The number of fused-ring (bicyclic) bond motifs is 1. The number of amides is 1. The fourth-order valence-corrected chi connectivity index (χ4v) is 5.47. The van der Waals surface area contributed by atoms with Gasteiger partial charge in [-0.2, -0.15) is 0 Å². The van der Waals surface area contributed by atoms with E-state index in [4.69, 9.17) is 21.9 Å². The molecule has 3 heterocycles. The van der Waals surface area contributed by atoms with E-state index in [9.17, 15) is 9.59 Å². The molecule has 1 amide bonds. The van der Waals surface area contributed by atoms with Gasteiger partial charge in [-0.25, -0.2) is 4.98 Å². The molecule has 1 saturated heterocycles. The number of pyridine rings is 1. The van der Waals surface area contributed by atoms with Gasteiger partial charge < -0.3 is 9.64 Å². The molecule has 0 atom stereocenters. The molecule has 9 heteroatoms. The van der Waals surface area contributed by atoms with Gasteiger partial charge in [0, 0.05) is 25.8 Å². The molecule has 0 spiro atoms. The number of methoxy groups -OCH3 is 1. The van der Waals surface area contributed by atoms with Crippen LogP contribution in [-0.4, -0.2) is 51.3 Å². The van der Waals surface area contributed by atoms with E-state index in [0.717, 1.165) is 37.2 Å². The molecule has 0 radical (unpaired) electrons. The summed E-state index contributed by atoms with van der Waals surface area (Å²) >= 11 is 6.77. The number of hydrogen-bond acceptors (Lipinski definition) is 7. The molecule has 7 nitrogen and oxygen atoms in total. The lowest BCUT2D eigenvalue weighted by molar-refractivity contribution is -0.122. The van der Waals surface area contributed by atoms with Crippen molar-refractivity contribution >= 4 is 51.7 Å². The Morgan fingerprint density at radius 2 is 1.81 bits per heavy atom. The normalized spacial score (nSPS) is 14.8. The molecule has 36 heavy (non-hydrogen) atoms. The number of carbonyl (C=O) groups excluding carboxylic acids is 1. The maximum absolute atomic E-state index is 13.6. The van der Waals surface area contributed by atoms with E-state index in [1.807, 2.05) is 36.4 Å². The molecule has 0 unspecified atom stereocenters. The monoisotopic (exact) mass is 522 g/mol. The zero-order valence-electron chi connectivity index (χ0n) is 20.8. The van der Waals surface area contributed by atoms with E-state index in [2.05, 4.69) is 18.7 Å². The number of carbonyl (C=O) groups is 1. The molecule has 1 fully saturated rings. The lowest BCUT2D eigenvalue weighted by Crippen LogP contribution is -2.31. The van der Waals surface area contributed by atoms with Crippen LogP contribution < -0.4 is 15.2 Å². The molecule has 1 aliphatic heterocycles. The first-order valence-corrected chi connectivity index (χ1v) is 13.3. The number of anilines is 1. The Hall–Kier alpha value is -3.17. The molecular formula is C27H30N4O3S2. The molecular weight excluding hydrogens is 492 g/mol. The summed E-state index contributed by atoms with van der Waals surface area (Å²) in [5.74, 6) is 1.22. The van der Waals surface area contributed by atoms with E-state index < -0.39 is 0 Å². The highest BCUT2D eigenvalue weighted by molar-refractivity contribution is 8.26. The summed E-state index contributed by atoms with van der Waals surface area (Å²) in [5.41, 5.74) is 1.88. The second-order valence-corrected chi connectivity index (χ2v) is 10.2. The Balaban J connectivity index is 1.67. The highest BCUT2D eigenvalue weighted by Crippen LogP contribution is 2.33. The summed E-state index contributed by atoms with van der Waals surface area (Å²) < 4.78 is 7.23. The standard InChI is InChI=1S/C27H30N4O3S2/c1-4-14-29(15-5-2)24-21(25(32)30-16-7-6-8-23(30)28-24)18-22-26(33)31(27(35)36-22)17-13-19-9-11-20(34-3)12-10-19/h6-12,16,18H,4-5,13-15,17H2,1-3H3. The SMILES string of the molecule is CCCN(CCC)c1nc2ccccn2c(=O)c1C=C1SC(=S)N(CCc2ccc(OC)cc2)C1=O. The third-order valence-corrected chi connectivity index (χ3v) is 7.35. The molecule has 4 rings (SSSR count). The minimum Gasteiger partial charge on any atom is -0.497 e. The van der Waals surface area contributed by atoms with Crippen LogP contribution in [0.4, 0.5) is 5.82 Å². The van der Waals surface area contributed by atoms with E-state index in [1.54, 1.807) is 30.3 Å². The van der Waals surface area contributed by atoms with Crippen molar-refractivity contribution in [1.29, 1.82) is 0 Å². The lowest BCUT2D eigenvalue weighted by atomic mass is 10.1. The van der Waals surface area contributed by atoms with E-state index in [-0.39, 0.29) is 11.5 Å². The number of rotatable bonds is 10. The summed E-state index contributed by atoms with van der Waals surface area (Å²) in [5, 5.41) is 0. The topological polar surface area (TPSA) is 67.2 Å². The first-order chi connectivity index (χ1) is 17.5. The Morgan fingerprint density at radius 3 is 2.47 bits per heavy atom. The Kier molecular flexibility index (Phi) is 8.43. The number of benzene rings is 1. The minimum absolute atomic E-state index is 0.181. The number of nitrogens with zero attached hydrogens (tertiary/aromatic N) is 4. The molecule has 188 valence electrons. The lowest BCUT2D eigenvalue weighted by Gasteiger charge is -2.24. The third kappa shape index (κ3) is 5.47. The fourth-order valence-electron chi connectivity index (χ4n) is 4.18. The van der Waals surface area contributed by atoms with Gasteiger partial charge in [0.15, 0.2) is 0 Å². The van der Waals surface area contributed by atoms with Gasteiger partial charge in [-0.3, -0.25) is 18.9 Å². The second kappa shape index (κ2) is 11.7. The van der Waals surface area contributed by atoms with Crippen molar-refractivity contribution in [3.8, 4) is 5.75 Å². The van der Waals surface area contributed by atoms with E-state index in [0.29, 0.717) is 39.2 Å². The zero-order valence-corrected chi connectivity index (χ0v) is 22.4. The molecule has 2 aromatic heterocycles. The minimum atomic E-state index is -0.198. The Morgan fingerprint density at radius 1 is 1.08 bits per heavy atom. The van der Waals surface area contributed by atoms with Crippen LogP contribution in [0.3, 0.4) is 0 Å². The van der Waals surface area contributed by atoms with E-state index in [1.165, 1.54) is 16.2 Å². The quantitative estimate of drug-likeness (QED) is 0.281. The first-order valence-electron chi connectivity index (χ1n) is 12.1. The van der Waals surface area contributed by atoms with Crippen molar-refractivity contribution in [2.75, 3.05) is 31.6 Å². The van der Waals surface area contributed by atoms with Crippen LogP contribution in [0.2, 0.25) is 0 Å². The number of thiocarbonyl (C=S) groups is 1. The van der Waals surface area contributed by atoms with Crippen molar-refractivity contribution in [3.63, 3.8) is 0 Å². The second-order valence-electron chi connectivity index (χ2n) is 8.50. The van der Waals surface area contributed by atoms with Gasteiger partial charge in [-0.1, -0.05) is 56.0 Å². The van der Waals surface area contributed by atoms with Crippen molar-refractivity contribution in [3.05, 3.63) is 75.0 Å². The van der Waals surface area contributed by atoms with Crippen molar-refractivity contribution in [2.45, 2.75) is 33.1 Å². The summed E-state index contributed by atoms with van der Waals surface area (Å²) in [6.45, 7) is 6.21. The summed E-state index contributed by atoms with van der Waals surface area (Å²) in [7, 11) is 1.63. The molecule has 0 saturated carbocycles. The average Bonchev–Trinajstić information content (AvgIpc) is 3.16. The van der Waals surface area contributed by atoms with Crippen LogP contribution in [0, 0.1) is 0 Å². The predicted octanol–water partition coefficient (Wildman–Crippen LogP) is 4.77. The fraction of sp³-hybridized carbons (Fsp3) is 0.333. The largest absolute Gasteiger partial charge is 0.497 e.